The number of esters is 1. The van der Waals surface area contributed by atoms with Gasteiger partial charge in [-0.2, -0.15) is 0 Å². The van der Waals surface area contributed by atoms with Crippen molar-refractivity contribution in [3.8, 4) is 0 Å². The molecule has 0 bridgehead atoms. The number of carbonyl (C=O) groups is 1. The number of hydrogen-bond donors (Lipinski definition) is 0. The van der Waals surface area contributed by atoms with Gasteiger partial charge in [0.2, 0.25) is 0 Å². The van der Waals surface area contributed by atoms with E-state index in [-0.39, 0.29) is 5.97 Å². The molecule has 0 aromatic heterocycles. The fourth-order valence-electron chi connectivity index (χ4n) is 1.40. The highest BCUT2D eigenvalue weighted by Crippen LogP contribution is 2.21. The van der Waals surface area contributed by atoms with Crippen LogP contribution in [0.5, 0.6) is 0 Å². The van der Waals surface area contributed by atoms with Crippen LogP contribution in [0.3, 0.4) is 0 Å². The zero-order chi connectivity index (χ0) is 9.97. The van der Waals surface area contributed by atoms with Crippen LogP contribution in [-0.4, -0.2) is 13.1 Å². The summed E-state index contributed by atoms with van der Waals surface area (Å²) in [5, 5.41) is 0. The van der Waals surface area contributed by atoms with Crippen molar-refractivity contribution in [3.05, 3.63) is 41.2 Å². The normalized spacial score (nSPS) is 14.2. The van der Waals surface area contributed by atoms with Crippen molar-refractivity contribution >= 4 is 12.0 Å². The zero-order valence-electron chi connectivity index (χ0n) is 7.82. The molecule has 3 nitrogen and oxygen atoms in total. The molecule has 0 saturated heterocycles. The Morgan fingerprint density at radius 2 is 2.36 bits per heavy atom. The summed E-state index contributed by atoms with van der Waals surface area (Å²) in [5.74, 6) is -0.234. The molecule has 0 unspecified atom stereocenters. The fourth-order valence-corrected chi connectivity index (χ4v) is 1.40. The Kier molecular flexibility index (Phi) is 2.23. The molecule has 1 heterocycles. The lowest BCUT2D eigenvalue weighted by Gasteiger charge is -1.96. The summed E-state index contributed by atoms with van der Waals surface area (Å²) < 4.78 is 9.70. The van der Waals surface area contributed by atoms with Gasteiger partial charge in [-0.15, -0.1) is 0 Å². The number of cyclic esters (lactones) is 1. The highest BCUT2D eigenvalue weighted by Gasteiger charge is 2.20. The average molecular weight is 190 g/mol. The van der Waals surface area contributed by atoms with E-state index in [2.05, 4.69) is 0 Å². The largest absolute Gasteiger partial charge is 0.504 e. The van der Waals surface area contributed by atoms with E-state index in [4.69, 9.17) is 9.47 Å². The van der Waals surface area contributed by atoms with Crippen LogP contribution >= 0.6 is 0 Å². The van der Waals surface area contributed by atoms with E-state index in [0.717, 1.165) is 11.1 Å². The predicted octanol–water partition coefficient (Wildman–Crippen LogP) is 1.97. The molecule has 0 fully saturated rings. The second-order valence-corrected chi connectivity index (χ2v) is 3.03. The van der Waals surface area contributed by atoms with Gasteiger partial charge in [0, 0.05) is 5.56 Å². The fraction of sp³-hybridized carbons (Fsp3) is 0.182. The summed E-state index contributed by atoms with van der Waals surface area (Å²) >= 11 is 0. The van der Waals surface area contributed by atoms with Crippen LogP contribution in [0.4, 0.5) is 0 Å². The minimum atomic E-state index is -0.234. The van der Waals surface area contributed by atoms with Crippen molar-refractivity contribution in [2.45, 2.75) is 6.61 Å². The molecule has 1 aromatic rings. The Labute approximate surface area is 81.9 Å². The van der Waals surface area contributed by atoms with Crippen molar-refractivity contribution in [3.63, 3.8) is 0 Å². The maximum Gasteiger partial charge on any atom is 0.338 e. The molecular weight excluding hydrogens is 180 g/mol. The van der Waals surface area contributed by atoms with E-state index in [1.54, 1.807) is 19.4 Å². The van der Waals surface area contributed by atoms with Crippen LogP contribution < -0.4 is 0 Å². The SMILES string of the molecule is CO/C=C/c1ccc2c(c1)COC2=O. The topological polar surface area (TPSA) is 35.5 Å². The molecule has 72 valence electrons. The minimum Gasteiger partial charge on any atom is -0.504 e. The van der Waals surface area contributed by atoms with Gasteiger partial charge in [0.1, 0.15) is 6.61 Å². The Balaban J connectivity index is 2.32. The van der Waals surface area contributed by atoms with Gasteiger partial charge >= 0.3 is 5.97 Å². The van der Waals surface area contributed by atoms with Gasteiger partial charge in [-0.1, -0.05) is 6.07 Å². The van der Waals surface area contributed by atoms with E-state index in [0.29, 0.717) is 12.2 Å². The Hall–Kier alpha value is -1.77. The lowest BCUT2D eigenvalue weighted by molar-refractivity contribution is 0.0535. The standard InChI is InChI=1S/C11H10O3/c1-13-5-4-8-2-3-10-9(6-8)7-14-11(10)12/h2-6H,7H2,1H3/b5-4+. The van der Waals surface area contributed by atoms with E-state index < -0.39 is 0 Å². The third-order valence-electron chi connectivity index (χ3n) is 2.10. The van der Waals surface area contributed by atoms with Gasteiger partial charge in [0.05, 0.1) is 18.9 Å². The lowest BCUT2D eigenvalue weighted by atomic mass is 10.1. The third kappa shape index (κ3) is 1.48. The average Bonchev–Trinajstić information content (AvgIpc) is 2.57. The Bertz CT molecular complexity index is 394. The zero-order valence-corrected chi connectivity index (χ0v) is 7.82. The molecule has 3 heteroatoms. The molecule has 0 spiro atoms. The van der Waals surface area contributed by atoms with Gasteiger partial charge in [-0.3, -0.25) is 0 Å². The van der Waals surface area contributed by atoms with Gasteiger partial charge in [-0.05, 0) is 23.8 Å². The Morgan fingerprint density at radius 3 is 3.14 bits per heavy atom. The summed E-state index contributed by atoms with van der Waals surface area (Å²) in [6, 6.07) is 5.57. The lowest BCUT2D eigenvalue weighted by Crippen LogP contribution is -1.92. The van der Waals surface area contributed by atoms with E-state index in [1.165, 1.54) is 0 Å². The van der Waals surface area contributed by atoms with Crippen LogP contribution in [0.1, 0.15) is 21.5 Å². The number of rotatable bonds is 2. The first-order chi connectivity index (χ1) is 6.81. The summed E-state index contributed by atoms with van der Waals surface area (Å²) in [5.41, 5.74) is 2.61. The van der Waals surface area contributed by atoms with Crippen LogP contribution in [0.2, 0.25) is 0 Å². The molecule has 1 aliphatic heterocycles. The molecule has 1 aromatic carbocycles. The molecule has 0 amide bonds. The number of fused-ring (bicyclic) bond motifs is 1. The number of benzene rings is 1. The van der Waals surface area contributed by atoms with Gasteiger partial charge in [0.15, 0.2) is 0 Å². The van der Waals surface area contributed by atoms with Crippen LogP contribution in [0.25, 0.3) is 6.08 Å². The van der Waals surface area contributed by atoms with Crippen molar-refractivity contribution in [1.82, 2.24) is 0 Å². The monoisotopic (exact) mass is 190 g/mol. The first-order valence-electron chi connectivity index (χ1n) is 4.30. The number of methoxy groups -OCH3 is 1. The molecule has 0 radical (unpaired) electrons. The van der Waals surface area contributed by atoms with Crippen LogP contribution in [-0.2, 0) is 16.1 Å². The smallest absolute Gasteiger partial charge is 0.338 e. The number of carbonyl (C=O) groups excluding carboxylic acids is 1. The van der Waals surface area contributed by atoms with E-state index >= 15 is 0 Å². The quantitative estimate of drug-likeness (QED) is 0.528. The van der Waals surface area contributed by atoms with Gasteiger partial charge < -0.3 is 9.47 Å². The molecule has 0 atom stereocenters. The van der Waals surface area contributed by atoms with Gasteiger partial charge in [-0.25, -0.2) is 4.79 Å². The number of ether oxygens (including phenoxy) is 2. The minimum absolute atomic E-state index is 0.234. The molecule has 2 rings (SSSR count). The second kappa shape index (κ2) is 3.54. The Morgan fingerprint density at radius 1 is 1.50 bits per heavy atom. The highest BCUT2D eigenvalue weighted by molar-refractivity contribution is 5.93. The molecule has 0 aliphatic carbocycles. The van der Waals surface area contributed by atoms with Crippen molar-refractivity contribution in [1.29, 1.82) is 0 Å². The third-order valence-corrected chi connectivity index (χ3v) is 2.10. The molecule has 1 aliphatic rings. The first kappa shape index (κ1) is 8.81. The summed E-state index contributed by atoms with van der Waals surface area (Å²) in [7, 11) is 1.59. The van der Waals surface area contributed by atoms with Crippen LogP contribution in [0, 0.1) is 0 Å². The van der Waals surface area contributed by atoms with Gasteiger partial charge in [0.25, 0.3) is 0 Å². The molecule has 0 saturated carbocycles. The summed E-state index contributed by atoms with van der Waals surface area (Å²) in [6.45, 7) is 0.378. The van der Waals surface area contributed by atoms with Crippen molar-refractivity contribution in [2.75, 3.05) is 7.11 Å². The van der Waals surface area contributed by atoms with E-state index in [1.807, 2.05) is 18.2 Å². The maximum atomic E-state index is 11.1. The number of hydrogen-bond acceptors (Lipinski definition) is 3. The first-order valence-corrected chi connectivity index (χ1v) is 4.30. The van der Waals surface area contributed by atoms with Crippen LogP contribution in [0.15, 0.2) is 24.5 Å². The van der Waals surface area contributed by atoms with Crippen molar-refractivity contribution < 1.29 is 14.3 Å². The van der Waals surface area contributed by atoms with Crippen molar-refractivity contribution in [2.24, 2.45) is 0 Å². The predicted molar refractivity (Wildman–Crippen MR) is 51.6 cm³/mol. The highest BCUT2D eigenvalue weighted by atomic mass is 16.5. The molecule has 14 heavy (non-hydrogen) atoms. The molecule has 0 N–H and O–H groups in total. The summed E-state index contributed by atoms with van der Waals surface area (Å²) in [6.07, 6.45) is 3.43. The molecular formula is C11H10O3. The summed E-state index contributed by atoms with van der Waals surface area (Å²) in [4.78, 5) is 11.1. The van der Waals surface area contributed by atoms with E-state index in [9.17, 15) is 4.79 Å². The second-order valence-electron chi connectivity index (χ2n) is 3.03. The maximum absolute atomic E-state index is 11.1.